The molecule has 0 spiro atoms. The van der Waals surface area contributed by atoms with Gasteiger partial charge in [-0.3, -0.25) is 9.59 Å². The summed E-state index contributed by atoms with van der Waals surface area (Å²) >= 11 is 1.66. The van der Waals surface area contributed by atoms with Crippen molar-refractivity contribution in [2.45, 2.75) is 104 Å². The molecule has 0 radical (unpaired) electrons. The van der Waals surface area contributed by atoms with Crippen molar-refractivity contribution in [2.24, 2.45) is 0 Å². The maximum Gasteiger partial charge on any atom is 0.255 e. The predicted octanol–water partition coefficient (Wildman–Crippen LogP) is 5.93. The minimum Gasteiger partial charge on any atom is -1.00 e. The fraction of sp³-hybridized carbons (Fsp3) is 0.500. The van der Waals surface area contributed by atoms with E-state index in [1.807, 2.05) is 24.3 Å². The van der Waals surface area contributed by atoms with Gasteiger partial charge in [-0.2, -0.15) is 4.57 Å². The molecule has 224 valence electrons. The zero-order chi connectivity index (χ0) is 28.6. The van der Waals surface area contributed by atoms with Crippen LogP contribution in [0.5, 0.6) is 5.75 Å². The number of aromatic nitrogens is 1. The Morgan fingerprint density at radius 3 is 2.12 bits per heavy atom. The molecule has 0 atom stereocenters. The Bertz CT molecular complexity index is 1210. The van der Waals surface area contributed by atoms with E-state index in [1.165, 1.54) is 76.8 Å². The molecule has 1 heterocycles. The smallest absolute Gasteiger partial charge is 0.255 e. The van der Waals surface area contributed by atoms with Crippen molar-refractivity contribution in [2.75, 3.05) is 11.9 Å². The Morgan fingerprint density at radius 1 is 0.878 bits per heavy atom. The van der Waals surface area contributed by atoms with Crippen molar-refractivity contribution in [3.63, 3.8) is 0 Å². The third-order valence-electron chi connectivity index (χ3n) is 7.31. The first kappa shape index (κ1) is 34.7. The number of hydrogen-bond acceptors (Lipinski definition) is 4. The summed E-state index contributed by atoms with van der Waals surface area (Å²) in [6.45, 7) is 7.11. The van der Waals surface area contributed by atoms with E-state index in [0.717, 1.165) is 18.4 Å². The standard InChI is InChI=1S/C34H46N2O3S.BrH/c1-4-5-6-7-8-9-10-11-12-13-14-15-22-39-33-31(28(3)37)20-17-21-32(33)35-34(38)30-19-16-18-29(23-30)24-36-26-40-25-27(36)2;/h16-21,23,25-26H,4-15,22,24H2,1-3H3;1H. The molecule has 0 saturated heterocycles. The van der Waals surface area contributed by atoms with Crippen LogP contribution in [0.25, 0.3) is 0 Å². The summed E-state index contributed by atoms with van der Waals surface area (Å²) in [5.74, 6) is 0.169. The van der Waals surface area contributed by atoms with Gasteiger partial charge in [0.25, 0.3) is 5.91 Å². The van der Waals surface area contributed by atoms with Gasteiger partial charge in [0, 0.05) is 18.1 Å². The van der Waals surface area contributed by atoms with Gasteiger partial charge in [0.05, 0.1) is 23.2 Å². The van der Waals surface area contributed by atoms with E-state index in [4.69, 9.17) is 4.74 Å². The molecule has 7 heteroatoms. The molecular weight excluding hydrogens is 596 g/mol. The van der Waals surface area contributed by atoms with Crippen molar-refractivity contribution < 1.29 is 35.9 Å². The lowest BCUT2D eigenvalue weighted by molar-refractivity contribution is -0.689. The number of ether oxygens (including phenoxy) is 1. The monoisotopic (exact) mass is 642 g/mol. The Morgan fingerprint density at radius 2 is 1.51 bits per heavy atom. The van der Waals surface area contributed by atoms with Gasteiger partial charge < -0.3 is 27.0 Å². The molecule has 1 N–H and O–H groups in total. The van der Waals surface area contributed by atoms with Gasteiger partial charge in [-0.25, -0.2) is 0 Å². The summed E-state index contributed by atoms with van der Waals surface area (Å²) in [4.78, 5) is 25.5. The van der Waals surface area contributed by atoms with Gasteiger partial charge in [0.1, 0.15) is 0 Å². The number of carbonyl (C=O) groups excluding carboxylic acids is 2. The fourth-order valence-corrected chi connectivity index (χ4v) is 5.68. The molecule has 0 saturated carbocycles. The molecule has 41 heavy (non-hydrogen) atoms. The average molecular weight is 644 g/mol. The number of thiazole rings is 1. The van der Waals surface area contributed by atoms with Crippen LogP contribution < -0.4 is 31.6 Å². The van der Waals surface area contributed by atoms with E-state index in [0.29, 0.717) is 35.7 Å². The minimum atomic E-state index is -0.218. The summed E-state index contributed by atoms with van der Waals surface area (Å²) < 4.78 is 8.29. The Kier molecular flexibility index (Phi) is 16.6. The molecule has 3 rings (SSSR count). The van der Waals surface area contributed by atoms with Crippen LogP contribution in [-0.4, -0.2) is 18.3 Å². The Labute approximate surface area is 261 Å². The fourth-order valence-electron chi connectivity index (χ4n) is 4.90. The van der Waals surface area contributed by atoms with E-state index in [9.17, 15) is 9.59 Å². The van der Waals surface area contributed by atoms with Crippen LogP contribution in [0.2, 0.25) is 0 Å². The topological polar surface area (TPSA) is 59.3 Å². The number of anilines is 1. The normalized spacial score (nSPS) is 10.7. The van der Waals surface area contributed by atoms with Gasteiger partial charge in [-0.15, -0.1) is 0 Å². The largest absolute Gasteiger partial charge is 1.00 e. The van der Waals surface area contributed by atoms with Crippen molar-refractivity contribution in [1.82, 2.24) is 0 Å². The third kappa shape index (κ3) is 12.1. The molecule has 0 unspecified atom stereocenters. The lowest BCUT2D eigenvalue weighted by Crippen LogP contribution is -3.00. The Balaban J connectivity index is 0.00000588. The lowest BCUT2D eigenvalue weighted by Gasteiger charge is -2.16. The van der Waals surface area contributed by atoms with Crippen LogP contribution in [0.3, 0.4) is 0 Å². The van der Waals surface area contributed by atoms with Gasteiger partial charge in [0.15, 0.2) is 23.8 Å². The number of aryl methyl sites for hydroxylation is 1. The summed E-state index contributed by atoms with van der Waals surface area (Å²) in [5.41, 5.74) is 5.93. The number of para-hydroxylation sites is 1. The van der Waals surface area contributed by atoms with Gasteiger partial charge in [-0.1, -0.05) is 107 Å². The quantitative estimate of drug-likeness (QED) is 0.100. The molecule has 0 bridgehead atoms. The van der Waals surface area contributed by atoms with Gasteiger partial charge in [0.2, 0.25) is 5.51 Å². The second-order valence-corrected chi connectivity index (χ2v) is 11.5. The highest BCUT2D eigenvalue weighted by Gasteiger charge is 2.17. The van der Waals surface area contributed by atoms with Crippen molar-refractivity contribution in [3.05, 3.63) is 75.7 Å². The third-order valence-corrected chi connectivity index (χ3v) is 8.16. The highest BCUT2D eigenvalue weighted by molar-refractivity contribution is 7.07. The van der Waals surface area contributed by atoms with Crippen LogP contribution in [-0.2, 0) is 6.54 Å². The van der Waals surface area contributed by atoms with Gasteiger partial charge in [-0.05, 0) is 37.6 Å². The van der Waals surface area contributed by atoms with Crippen LogP contribution in [0, 0.1) is 6.92 Å². The maximum atomic E-state index is 13.2. The second-order valence-electron chi connectivity index (χ2n) is 10.8. The highest BCUT2D eigenvalue weighted by Crippen LogP contribution is 2.30. The Hall–Kier alpha value is -2.51. The molecule has 1 amide bonds. The number of Topliss-reactive ketones (excluding diaryl/α,β-unsaturated/α-hetero) is 1. The van der Waals surface area contributed by atoms with E-state index in [1.54, 1.807) is 29.5 Å². The van der Waals surface area contributed by atoms with Crippen molar-refractivity contribution in [1.29, 1.82) is 0 Å². The predicted molar refractivity (Wildman–Crippen MR) is 166 cm³/mol. The first-order chi connectivity index (χ1) is 19.5. The molecule has 1 aromatic heterocycles. The van der Waals surface area contributed by atoms with E-state index < -0.39 is 0 Å². The number of hydrogen-bond donors (Lipinski definition) is 1. The molecule has 5 nitrogen and oxygen atoms in total. The summed E-state index contributed by atoms with van der Waals surface area (Å²) in [6.07, 6.45) is 15.3. The number of nitrogens with one attached hydrogen (secondary N) is 1. The highest BCUT2D eigenvalue weighted by atomic mass is 79.9. The van der Waals surface area contributed by atoms with E-state index in [-0.39, 0.29) is 28.7 Å². The van der Waals surface area contributed by atoms with Crippen LogP contribution in [0.1, 0.15) is 123 Å². The van der Waals surface area contributed by atoms with Crippen LogP contribution in [0.15, 0.2) is 53.4 Å². The summed E-state index contributed by atoms with van der Waals surface area (Å²) in [6, 6.07) is 13.0. The molecule has 2 aromatic carbocycles. The first-order valence-electron chi connectivity index (χ1n) is 15.1. The first-order valence-corrected chi connectivity index (χ1v) is 16.0. The zero-order valence-corrected chi connectivity index (χ0v) is 27.5. The number of ketones is 1. The summed E-state index contributed by atoms with van der Waals surface area (Å²) in [5, 5.41) is 5.10. The maximum absolute atomic E-state index is 13.2. The molecule has 0 aliphatic heterocycles. The SMILES string of the molecule is CCCCCCCCCCCCCCOc1c(NC(=O)c2cccc(C[n+]3cscc3C)c2)cccc1C(C)=O.[Br-]. The molecular formula is C34H47BrN2O3S. The number of benzene rings is 2. The number of amides is 1. The van der Waals surface area contributed by atoms with E-state index in [2.05, 4.69) is 34.6 Å². The minimum absolute atomic E-state index is 0. The number of carbonyl (C=O) groups is 2. The number of unbranched alkanes of at least 4 members (excludes halogenated alkanes) is 11. The zero-order valence-electron chi connectivity index (χ0n) is 25.1. The second kappa shape index (κ2) is 19.6. The lowest BCUT2D eigenvalue weighted by atomic mass is 10.1. The van der Waals surface area contributed by atoms with Crippen LogP contribution >= 0.6 is 11.3 Å². The average Bonchev–Trinajstić information content (AvgIpc) is 3.35. The molecule has 0 aliphatic carbocycles. The molecule has 0 fully saturated rings. The van der Waals surface area contributed by atoms with Crippen molar-refractivity contribution >= 4 is 28.7 Å². The summed E-state index contributed by atoms with van der Waals surface area (Å²) in [7, 11) is 0. The van der Waals surface area contributed by atoms with E-state index >= 15 is 0 Å². The van der Waals surface area contributed by atoms with Gasteiger partial charge >= 0.3 is 0 Å². The number of nitrogens with zero attached hydrogens (tertiary/aromatic N) is 1. The number of rotatable bonds is 19. The molecule has 0 aliphatic rings. The van der Waals surface area contributed by atoms with Crippen LogP contribution in [0.4, 0.5) is 5.69 Å². The van der Waals surface area contributed by atoms with Crippen molar-refractivity contribution in [3.8, 4) is 5.75 Å². The number of halogens is 1. The molecule has 3 aromatic rings.